The fourth-order valence-corrected chi connectivity index (χ4v) is 5.28. The van der Waals surface area contributed by atoms with Gasteiger partial charge in [0.2, 0.25) is 5.91 Å². The maximum absolute atomic E-state index is 13.3. The first kappa shape index (κ1) is 19.9. The first-order valence-electron chi connectivity index (χ1n) is 10.7. The van der Waals surface area contributed by atoms with Crippen molar-refractivity contribution >= 4 is 22.9 Å². The second-order valence-electron chi connectivity index (χ2n) is 8.21. The van der Waals surface area contributed by atoms with Crippen molar-refractivity contribution in [2.75, 3.05) is 13.1 Å². The van der Waals surface area contributed by atoms with Crippen molar-refractivity contribution in [2.24, 2.45) is 0 Å². The average Bonchev–Trinajstić information content (AvgIpc) is 3.38. The molecule has 0 saturated carbocycles. The van der Waals surface area contributed by atoms with Gasteiger partial charge in [0, 0.05) is 35.6 Å². The van der Waals surface area contributed by atoms with Crippen molar-refractivity contribution in [3.8, 4) is 11.3 Å². The summed E-state index contributed by atoms with van der Waals surface area (Å²) in [5.74, 6) is 1.31. The molecule has 3 aromatic heterocycles. The van der Waals surface area contributed by atoms with Gasteiger partial charge in [0.1, 0.15) is 5.82 Å². The standard InChI is InChI=1S/C24H25N5OS/c1-16-8-10-18(11-9-16)23-20(31-17(2)25-23)14-22(30)28-12-5-6-19(15-28)24-27-26-21-7-3-4-13-29(21)24/h3-4,7-11,13,19H,5-6,12,14-15H2,1-2H3/t19-/m1/s1. The molecule has 0 radical (unpaired) electrons. The molecule has 31 heavy (non-hydrogen) atoms. The Labute approximate surface area is 185 Å². The van der Waals surface area contributed by atoms with Gasteiger partial charge in [-0.2, -0.15) is 0 Å². The van der Waals surface area contributed by atoms with Crippen LogP contribution in [-0.2, 0) is 11.2 Å². The molecule has 1 aromatic carbocycles. The minimum atomic E-state index is 0.163. The van der Waals surface area contributed by atoms with Gasteiger partial charge in [0.25, 0.3) is 0 Å². The lowest BCUT2D eigenvalue weighted by atomic mass is 9.96. The van der Waals surface area contributed by atoms with E-state index in [9.17, 15) is 4.79 Å². The van der Waals surface area contributed by atoms with Gasteiger partial charge >= 0.3 is 0 Å². The van der Waals surface area contributed by atoms with Gasteiger partial charge in [0.15, 0.2) is 5.65 Å². The van der Waals surface area contributed by atoms with Crippen molar-refractivity contribution in [1.82, 2.24) is 24.5 Å². The summed E-state index contributed by atoms with van der Waals surface area (Å²) in [6.07, 6.45) is 4.39. The van der Waals surface area contributed by atoms with E-state index in [1.165, 1.54) is 5.56 Å². The van der Waals surface area contributed by atoms with Crippen molar-refractivity contribution in [3.63, 3.8) is 0 Å². The molecular formula is C24H25N5OS. The summed E-state index contributed by atoms with van der Waals surface area (Å²) < 4.78 is 2.04. The number of aromatic nitrogens is 4. The Balaban J connectivity index is 1.35. The van der Waals surface area contributed by atoms with Gasteiger partial charge in [0.05, 0.1) is 17.1 Å². The largest absolute Gasteiger partial charge is 0.342 e. The fraction of sp³-hybridized carbons (Fsp3) is 0.333. The second kappa shape index (κ2) is 8.23. The summed E-state index contributed by atoms with van der Waals surface area (Å²) in [4.78, 5) is 21.0. The normalized spacial score (nSPS) is 16.7. The first-order chi connectivity index (χ1) is 15.1. The predicted octanol–water partition coefficient (Wildman–Crippen LogP) is 4.42. The lowest BCUT2D eigenvalue weighted by molar-refractivity contribution is -0.131. The Bertz CT molecular complexity index is 1230. The number of aryl methyl sites for hydroxylation is 2. The third-order valence-electron chi connectivity index (χ3n) is 5.92. The van der Waals surface area contributed by atoms with Crippen LogP contribution in [0.2, 0.25) is 0 Å². The number of hydrogen-bond donors (Lipinski definition) is 0. The molecule has 1 aliphatic rings. The van der Waals surface area contributed by atoms with Crippen molar-refractivity contribution in [2.45, 2.75) is 39.0 Å². The molecule has 0 spiro atoms. The van der Waals surface area contributed by atoms with Crippen LogP contribution in [0.5, 0.6) is 0 Å². The number of hydrogen-bond acceptors (Lipinski definition) is 5. The maximum Gasteiger partial charge on any atom is 0.227 e. The zero-order chi connectivity index (χ0) is 21.4. The highest BCUT2D eigenvalue weighted by atomic mass is 32.1. The molecule has 0 N–H and O–H groups in total. The predicted molar refractivity (Wildman–Crippen MR) is 122 cm³/mol. The lowest BCUT2D eigenvalue weighted by Gasteiger charge is -2.32. The van der Waals surface area contributed by atoms with E-state index < -0.39 is 0 Å². The number of benzene rings is 1. The lowest BCUT2D eigenvalue weighted by Crippen LogP contribution is -2.40. The van der Waals surface area contributed by atoms with E-state index >= 15 is 0 Å². The van der Waals surface area contributed by atoms with E-state index in [1.807, 2.05) is 40.6 Å². The van der Waals surface area contributed by atoms with Gasteiger partial charge in [-0.25, -0.2) is 4.98 Å². The third-order valence-corrected chi connectivity index (χ3v) is 6.89. The number of likely N-dealkylation sites (tertiary alicyclic amines) is 1. The molecule has 4 heterocycles. The van der Waals surface area contributed by atoms with Gasteiger partial charge in [-0.05, 0) is 38.8 Å². The molecule has 4 aromatic rings. The number of piperidine rings is 1. The van der Waals surface area contributed by atoms with E-state index in [-0.39, 0.29) is 11.8 Å². The summed E-state index contributed by atoms with van der Waals surface area (Å²) in [5.41, 5.74) is 4.08. The molecule has 1 fully saturated rings. The Kier molecular flexibility index (Phi) is 5.28. The van der Waals surface area contributed by atoms with Crippen LogP contribution in [0, 0.1) is 13.8 Å². The molecule has 6 nitrogen and oxygen atoms in total. The highest BCUT2D eigenvalue weighted by Crippen LogP contribution is 2.31. The van der Waals surface area contributed by atoms with Crippen molar-refractivity contribution < 1.29 is 4.79 Å². The van der Waals surface area contributed by atoms with Crippen LogP contribution >= 0.6 is 11.3 Å². The molecular weight excluding hydrogens is 406 g/mol. The number of pyridine rings is 1. The Morgan fingerprint density at radius 1 is 1.13 bits per heavy atom. The average molecular weight is 432 g/mol. The number of nitrogens with zero attached hydrogens (tertiary/aromatic N) is 5. The maximum atomic E-state index is 13.3. The van der Waals surface area contributed by atoms with Crippen LogP contribution in [0.3, 0.4) is 0 Å². The molecule has 5 rings (SSSR count). The minimum Gasteiger partial charge on any atom is -0.342 e. The Hall–Kier alpha value is -3.06. The Morgan fingerprint density at radius 3 is 2.81 bits per heavy atom. The van der Waals surface area contributed by atoms with Crippen LogP contribution in [0.4, 0.5) is 0 Å². The van der Waals surface area contributed by atoms with Crippen LogP contribution in [-0.4, -0.2) is 43.5 Å². The summed E-state index contributed by atoms with van der Waals surface area (Å²) >= 11 is 1.62. The van der Waals surface area contributed by atoms with E-state index in [1.54, 1.807) is 11.3 Å². The zero-order valence-electron chi connectivity index (χ0n) is 17.8. The highest BCUT2D eigenvalue weighted by Gasteiger charge is 2.28. The van der Waals surface area contributed by atoms with E-state index in [2.05, 4.69) is 41.4 Å². The van der Waals surface area contributed by atoms with E-state index in [0.717, 1.165) is 52.0 Å². The van der Waals surface area contributed by atoms with Gasteiger partial charge in [-0.15, -0.1) is 21.5 Å². The van der Waals surface area contributed by atoms with E-state index in [0.29, 0.717) is 13.0 Å². The first-order valence-corrected chi connectivity index (χ1v) is 11.5. The quantitative estimate of drug-likeness (QED) is 0.480. The van der Waals surface area contributed by atoms with Gasteiger partial charge in [-0.1, -0.05) is 35.9 Å². The summed E-state index contributed by atoms with van der Waals surface area (Å²) in [5, 5.41) is 9.71. The van der Waals surface area contributed by atoms with Crippen molar-refractivity contribution in [3.05, 3.63) is 69.9 Å². The third kappa shape index (κ3) is 3.97. The van der Waals surface area contributed by atoms with Crippen molar-refractivity contribution in [1.29, 1.82) is 0 Å². The second-order valence-corrected chi connectivity index (χ2v) is 9.50. The van der Waals surface area contributed by atoms with E-state index in [4.69, 9.17) is 4.98 Å². The number of carbonyl (C=O) groups is 1. The summed E-state index contributed by atoms with van der Waals surface area (Å²) in [7, 11) is 0. The molecule has 158 valence electrons. The smallest absolute Gasteiger partial charge is 0.227 e. The number of amides is 1. The molecule has 0 unspecified atom stereocenters. The molecule has 7 heteroatoms. The number of thiazole rings is 1. The van der Waals surface area contributed by atoms with Gasteiger partial charge in [-0.3, -0.25) is 9.20 Å². The SMILES string of the molecule is Cc1ccc(-c2nc(C)sc2CC(=O)N2CCC[C@@H](c3nnc4ccccn34)C2)cc1. The monoisotopic (exact) mass is 431 g/mol. The topological polar surface area (TPSA) is 63.4 Å². The Morgan fingerprint density at radius 2 is 1.97 bits per heavy atom. The molecule has 1 amide bonds. The van der Waals surface area contributed by atoms with Crippen LogP contribution in [0.15, 0.2) is 48.7 Å². The van der Waals surface area contributed by atoms with Crippen LogP contribution < -0.4 is 0 Å². The zero-order valence-corrected chi connectivity index (χ0v) is 18.6. The summed E-state index contributed by atoms with van der Waals surface area (Å²) in [6.45, 7) is 5.56. The number of carbonyl (C=O) groups excluding carboxylic acids is 1. The molecule has 1 aliphatic heterocycles. The summed E-state index contributed by atoms with van der Waals surface area (Å²) in [6, 6.07) is 14.3. The molecule has 1 atom stereocenters. The molecule has 0 aliphatic carbocycles. The van der Waals surface area contributed by atoms with Crippen LogP contribution in [0.1, 0.15) is 40.0 Å². The molecule has 0 bridgehead atoms. The highest BCUT2D eigenvalue weighted by molar-refractivity contribution is 7.12. The number of rotatable bonds is 4. The van der Waals surface area contributed by atoms with Gasteiger partial charge < -0.3 is 4.90 Å². The van der Waals surface area contributed by atoms with Crippen LogP contribution in [0.25, 0.3) is 16.9 Å². The fourth-order valence-electron chi connectivity index (χ4n) is 4.33. The molecule has 1 saturated heterocycles. The minimum absolute atomic E-state index is 0.163. The number of fused-ring (bicyclic) bond motifs is 1.